The SMILES string of the molecule is COc1ccc(C(C)(N)c2cc(F)cc(F)c2)cc1F. The van der Waals surface area contributed by atoms with Gasteiger partial charge < -0.3 is 10.5 Å². The largest absolute Gasteiger partial charge is 0.494 e. The van der Waals surface area contributed by atoms with E-state index in [1.807, 2.05) is 0 Å². The summed E-state index contributed by atoms with van der Waals surface area (Å²) >= 11 is 0. The van der Waals surface area contributed by atoms with E-state index < -0.39 is 23.0 Å². The molecule has 0 spiro atoms. The minimum Gasteiger partial charge on any atom is -0.494 e. The number of hydrogen-bond acceptors (Lipinski definition) is 2. The third-order valence-electron chi connectivity index (χ3n) is 3.21. The molecule has 0 amide bonds. The van der Waals surface area contributed by atoms with E-state index >= 15 is 0 Å². The van der Waals surface area contributed by atoms with Crippen LogP contribution in [-0.2, 0) is 5.54 Å². The Hall–Kier alpha value is -2.01. The van der Waals surface area contributed by atoms with Crippen LogP contribution in [0.1, 0.15) is 18.1 Å². The van der Waals surface area contributed by atoms with Crippen molar-refractivity contribution >= 4 is 0 Å². The average molecular weight is 281 g/mol. The van der Waals surface area contributed by atoms with Gasteiger partial charge in [0.05, 0.1) is 12.6 Å². The van der Waals surface area contributed by atoms with Crippen molar-refractivity contribution in [3.8, 4) is 5.75 Å². The smallest absolute Gasteiger partial charge is 0.165 e. The van der Waals surface area contributed by atoms with E-state index in [9.17, 15) is 13.2 Å². The highest BCUT2D eigenvalue weighted by molar-refractivity contribution is 5.40. The molecule has 20 heavy (non-hydrogen) atoms. The highest BCUT2D eigenvalue weighted by Gasteiger charge is 2.26. The molecule has 106 valence electrons. The van der Waals surface area contributed by atoms with Crippen LogP contribution in [0, 0.1) is 17.5 Å². The Morgan fingerprint density at radius 2 is 1.55 bits per heavy atom. The van der Waals surface area contributed by atoms with Gasteiger partial charge in [-0.25, -0.2) is 13.2 Å². The van der Waals surface area contributed by atoms with Crippen molar-refractivity contribution in [2.45, 2.75) is 12.5 Å². The minimum absolute atomic E-state index is 0.0787. The maximum atomic E-state index is 13.7. The number of ether oxygens (including phenoxy) is 1. The lowest BCUT2D eigenvalue weighted by molar-refractivity contribution is 0.385. The summed E-state index contributed by atoms with van der Waals surface area (Å²) in [5.41, 5.74) is 5.50. The number of hydrogen-bond donors (Lipinski definition) is 1. The summed E-state index contributed by atoms with van der Waals surface area (Å²) in [5, 5.41) is 0. The molecule has 1 atom stereocenters. The fourth-order valence-corrected chi connectivity index (χ4v) is 2.01. The van der Waals surface area contributed by atoms with E-state index in [4.69, 9.17) is 10.5 Å². The molecule has 1 unspecified atom stereocenters. The Labute approximate surface area is 115 Å². The molecule has 0 heterocycles. The first-order chi connectivity index (χ1) is 9.34. The molecule has 0 saturated carbocycles. The number of benzene rings is 2. The molecule has 0 radical (unpaired) electrons. The molecular weight excluding hydrogens is 267 g/mol. The highest BCUT2D eigenvalue weighted by atomic mass is 19.1. The van der Waals surface area contributed by atoms with Gasteiger partial charge in [-0.05, 0) is 42.3 Å². The zero-order valence-electron chi connectivity index (χ0n) is 11.1. The van der Waals surface area contributed by atoms with Crippen molar-refractivity contribution in [2.24, 2.45) is 5.73 Å². The molecule has 2 aromatic carbocycles. The van der Waals surface area contributed by atoms with Gasteiger partial charge >= 0.3 is 0 Å². The fraction of sp³-hybridized carbons (Fsp3) is 0.200. The molecule has 2 N–H and O–H groups in total. The Bertz CT molecular complexity index is 621. The van der Waals surface area contributed by atoms with Crippen LogP contribution >= 0.6 is 0 Å². The Morgan fingerprint density at radius 1 is 0.950 bits per heavy atom. The second-order valence-electron chi connectivity index (χ2n) is 4.71. The highest BCUT2D eigenvalue weighted by Crippen LogP contribution is 2.30. The number of nitrogens with two attached hydrogens (primary N) is 1. The summed E-state index contributed by atoms with van der Waals surface area (Å²) in [6.07, 6.45) is 0. The van der Waals surface area contributed by atoms with Gasteiger partial charge in [0.1, 0.15) is 11.6 Å². The number of rotatable bonds is 3. The zero-order valence-corrected chi connectivity index (χ0v) is 11.1. The summed E-state index contributed by atoms with van der Waals surface area (Å²) in [4.78, 5) is 0. The van der Waals surface area contributed by atoms with Crippen LogP contribution in [0.2, 0.25) is 0 Å². The van der Waals surface area contributed by atoms with Crippen LogP contribution in [0.15, 0.2) is 36.4 Å². The number of methoxy groups -OCH3 is 1. The van der Waals surface area contributed by atoms with E-state index in [1.165, 1.54) is 19.2 Å². The van der Waals surface area contributed by atoms with E-state index in [2.05, 4.69) is 0 Å². The quantitative estimate of drug-likeness (QED) is 0.936. The summed E-state index contributed by atoms with van der Waals surface area (Å²) < 4.78 is 45.1. The van der Waals surface area contributed by atoms with Crippen molar-refractivity contribution in [1.29, 1.82) is 0 Å². The Kier molecular flexibility index (Phi) is 3.72. The molecule has 5 heteroatoms. The first kappa shape index (κ1) is 14.4. The third-order valence-corrected chi connectivity index (χ3v) is 3.21. The number of halogens is 3. The van der Waals surface area contributed by atoms with Crippen LogP contribution < -0.4 is 10.5 Å². The Morgan fingerprint density at radius 3 is 2.05 bits per heavy atom. The van der Waals surface area contributed by atoms with E-state index in [-0.39, 0.29) is 11.3 Å². The molecular formula is C15H14F3NO. The van der Waals surface area contributed by atoms with Crippen molar-refractivity contribution in [3.05, 3.63) is 65.0 Å². The Balaban J connectivity index is 2.51. The maximum Gasteiger partial charge on any atom is 0.165 e. The normalized spacial score (nSPS) is 13.9. The predicted octanol–water partition coefficient (Wildman–Crippen LogP) is 3.33. The third kappa shape index (κ3) is 2.63. The zero-order chi connectivity index (χ0) is 14.9. The van der Waals surface area contributed by atoms with Crippen molar-refractivity contribution in [2.75, 3.05) is 7.11 Å². The molecule has 0 saturated heterocycles. The van der Waals surface area contributed by atoms with Crippen molar-refractivity contribution < 1.29 is 17.9 Å². The van der Waals surface area contributed by atoms with Gasteiger partial charge in [0, 0.05) is 6.07 Å². The maximum absolute atomic E-state index is 13.7. The molecule has 2 rings (SSSR count). The van der Waals surface area contributed by atoms with E-state index in [1.54, 1.807) is 13.0 Å². The standard InChI is InChI=1S/C15H14F3NO/c1-15(19,10-5-11(16)8-12(17)6-10)9-3-4-14(20-2)13(18)7-9/h3-8H,19H2,1-2H3. The van der Waals surface area contributed by atoms with Crippen LogP contribution in [-0.4, -0.2) is 7.11 Å². The lowest BCUT2D eigenvalue weighted by Gasteiger charge is -2.26. The molecule has 0 aromatic heterocycles. The first-order valence-corrected chi connectivity index (χ1v) is 5.94. The van der Waals surface area contributed by atoms with Crippen molar-refractivity contribution in [1.82, 2.24) is 0 Å². The van der Waals surface area contributed by atoms with Crippen LogP contribution in [0.5, 0.6) is 5.75 Å². The molecule has 0 fully saturated rings. The minimum atomic E-state index is -1.23. The predicted molar refractivity (Wildman–Crippen MR) is 70.0 cm³/mol. The van der Waals surface area contributed by atoms with Gasteiger partial charge in [0.2, 0.25) is 0 Å². The molecule has 2 aromatic rings. The molecule has 0 aliphatic rings. The molecule has 0 aliphatic heterocycles. The monoisotopic (exact) mass is 281 g/mol. The van der Waals surface area contributed by atoms with Gasteiger partial charge in [0.25, 0.3) is 0 Å². The van der Waals surface area contributed by atoms with Gasteiger partial charge in [0.15, 0.2) is 11.6 Å². The summed E-state index contributed by atoms with van der Waals surface area (Å²) in [7, 11) is 1.35. The van der Waals surface area contributed by atoms with Crippen LogP contribution in [0.3, 0.4) is 0 Å². The lowest BCUT2D eigenvalue weighted by atomic mass is 9.85. The summed E-state index contributed by atoms with van der Waals surface area (Å²) in [5.74, 6) is -1.97. The second kappa shape index (κ2) is 5.17. The van der Waals surface area contributed by atoms with Gasteiger partial charge in [-0.15, -0.1) is 0 Å². The molecule has 2 nitrogen and oxygen atoms in total. The van der Waals surface area contributed by atoms with Crippen LogP contribution in [0.25, 0.3) is 0 Å². The van der Waals surface area contributed by atoms with Crippen LogP contribution in [0.4, 0.5) is 13.2 Å². The van der Waals surface area contributed by atoms with Gasteiger partial charge in [-0.1, -0.05) is 6.07 Å². The fourth-order valence-electron chi connectivity index (χ4n) is 2.01. The van der Waals surface area contributed by atoms with Gasteiger partial charge in [-0.2, -0.15) is 0 Å². The average Bonchev–Trinajstić information content (AvgIpc) is 2.37. The van der Waals surface area contributed by atoms with E-state index in [0.717, 1.165) is 18.2 Å². The molecule has 0 bridgehead atoms. The lowest BCUT2D eigenvalue weighted by Crippen LogP contribution is -2.34. The first-order valence-electron chi connectivity index (χ1n) is 5.94. The topological polar surface area (TPSA) is 35.2 Å². The summed E-state index contributed by atoms with van der Waals surface area (Å²) in [6, 6.07) is 7.20. The van der Waals surface area contributed by atoms with E-state index in [0.29, 0.717) is 5.56 Å². The molecule has 0 aliphatic carbocycles. The van der Waals surface area contributed by atoms with Gasteiger partial charge in [-0.3, -0.25) is 0 Å². The van der Waals surface area contributed by atoms with Crippen molar-refractivity contribution in [3.63, 3.8) is 0 Å². The summed E-state index contributed by atoms with van der Waals surface area (Å²) in [6.45, 7) is 1.56. The second-order valence-corrected chi connectivity index (χ2v) is 4.71.